The van der Waals surface area contributed by atoms with Crippen molar-refractivity contribution in [1.82, 2.24) is 0 Å². The topological polar surface area (TPSA) is 3.24 Å². The largest absolute Gasteiger partial charge is 0.370 e. The van der Waals surface area contributed by atoms with Crippen LogP contribution in [0.1, 0.15) is 20.8 Å². The standard InChI is InChI=1S/C17H20ClN/c1-17(2,3)19(4)16-10-6-8-14(12-16)13-7-5-9-15(18)11-13/h5-12H,1-4H3. The summed E-state index contributed by atoms with van der Waals surface area (Å²) in [6.45, 7) is 6.62. The highest BCUT2D eigenvalue weighted by molar-refractivity contribution is 6.30. The van der Waals surface area contributed by atoms with E-state index in [1.807, 2.05) is 18.2 Å². The second-order valence-corrected chi connectivity index (χ2v) is 6.23. The van der Waals surface area contributed by atoms with Gasteiger partial charge in [-0.25, -0.2) is 0 Å². The van der Waals surface area contributed by atoms with E-state index in [1.165, 1.54) is 11.3 Å². The van der Waals surface area contributed by atoms with Gasteiger partial charge in [0.15, 0.2) is 0 Å². The minimum absolute atomic E-state index is 0.104. The summed E-state index contributed by atoms with van der Waals surface area (Å²) in [5, 5.41) is 0.770. The Morgan fingerprint density at radius 1 is 0.895 bits per heavy atom. The molecule has 0 unspecified atom stereocenters. The lowest BCUT2D eigenvalue weighted by atomic mass is 10.0. The minimum atomic E-state index is 0.104. The van der Waals surface area contributed by atoms with Gasteiger partial charge in [-0.2, -0.15) is 0 Å². The van der Waals surface area contributed by atoms with Crippen LogP contribution >= 0.6 is 11.6 Å². The zero-order valence-corrected chi connectivity index (χ0v) is 12.7. The Kier molecular flexibility index (Phi) is 3.86. The summed E-state index contributed by atoms with van der Waals surface area (Å²) in [5.41, 5.74) is 3.66. The molecular weight excluding hydrogens is 254 g/mol. The molecule has 2 aromatic rings. The van der Waals surface area contributed by atoms with Gasteiger partial charge in [0.2, 0.25) is 0 Å². The second kappa shape index (κ2) is 5.26. The molecule has 0 saturated carbocycles. The van der Waals surface area contributed by atoms with Crippen molar-refractivity contribution in [3.8, 4) is 11.1 Å². The summed E-state index contributed by atoms with van der Waals surface area (Å²) < 4.78 is 0. The number of hydrogen-bond acceptors (Lipinski definition) is 1. The maximum absolute atomic E-state index is 6.06. The van der Waals surface area contributed by atoms with Crippen molar-refractivity contribution in [2.45, 2.75) is 26.3 Å². The molecule has 0 aliphatic rings. The molecule has 0 aromatic heterocycles. The van der Waals surface area contributed by atoms with Crippen molar-refractivity contribution in [2.24, 2.45) is 0 Å². The smallest absolute Gasteiger partial charge is 0.0412 e. The van der Waals surface area contributed by atoms with E-state index in [0.717, 1.165) is 10.6 Å². The van der Waals surface area contributed by atoms with Gasteiger partial charge in [-0.05, 0) is 56.2 Å². The Hall–Kier alpha value is -1.47. The van der Waals surface area contributed by atoms with Gasteiger partial charge in [0.25, 0.3) is 0 Å². The highest BCUT2D eigenvalue weighted by Crippen LogP contribution is 2.28. The molecular formula is C17H20ClN. The van der Waals surface area contributed by atoms with Gasteiger partial charge >= 0.3 is 0 Å². The van der Waals surface area contributed by atoms with Crippen molar-refractivity contribution in [2.75, 3.05) is 11.9 Å². The quantitative estimate of drug-likeness (QED) is 0.723. The number of nitrogens with zero attached hydrogens (tertiary/aromatic N) is 1. The average Bonchev–Trinajstić information content (AvgIpc) is 2.37. The molecule has 0 aliphatic heterocycles. The second-order valence-electron chi connectivity index (χ2n) is 5.79. The lowest BCUT2D eigenvalue weighted by Gasteiger charge is -2.34. The number of anilines is 1. The molecule has 0 radical (unpaired) electrons. The van der Waals surface area contributed by atoms with Crippen LogP contribution in [0.4, 0.5) is 5.69 Å². The highest BCUT2D eigenvalue weighted by Gasteiger charge is 2.17. The Labute approximate surface area is 120 Å². The molecule has 0 aliphatic carbocycles. The molecule has 19 heavy (non-hydrogen) atoms. The first-order valence-electron chi connectivity index (χ1n) is 6.48. The van der Waals surface area contributed by atoms with Crippen LogP contribution in [0, 0.1) is 0 Å². The summed E-state index contributed by atoms with van der Waals surface area (Å²) >= 11 is 6.06. The first-order chi connectivity index (χ1) is 8.88. The van der Waals surface area contributed by atoms with E-state index in [2.05, 4.69) is 63.1 Å². The molecule has 0 bridgehead atoms. The number of halogens is 1. The first-order valence-corrected chi connectivity index (χ1v) is 6.85. The Balaban J connectivity index is 2.40. The number of benzene rings is 2. The normalized spacial score (nSPS) is 11.4. The van der Waals surface area contributed by atoms with Crippen LogP contribution < -0.4 is 4.90 Å². The molecule has 0 fully saturated rings. The van der Waals surface area contributed by atoms with E-state index in [4.69, 9.17) is 11.6 Å². The average molecular weight is 274 g/mol. The van der Waals surface area contributed by atoms with Crippen molar-refractivity contribution in [3.05, 3.63) is 53.6 Å². The fourth-order valence-electron chi connectivity index (χ4n) is 1.95. The zero-order valence-electron chi connectivity index (χ0n) is 11.9. The number of hydrogen-bond donors (Lipinski definition) is 0. The summed E-state index contributed by atoms with van der Waals surface area (Å²) in [5.74, 6) is 0. The summed E-state index contributed by atoms with van der Waals surface area (Å²) in [6, 6.07) is 16.5. The maximum Gasteiger partial charge on any atom is 0.0412 e. The van der Waals surface area contributed by atoms with Gasteiger partial charge in [0, 0.05) is 23.3 Å². The lowest BCUT2D eigenvalue weighted by Crippen LogP contribution is -2.37. The van der Waals surface area contributed by atoms with Crippen LogP contribution in [0.15, 0.2) is 48.5 Å². The van der Waals surface area contributed by atoms with Crippen molar-refractivity contribution in [1.29, 1.82) is 0 Å². The molecule has 2 heteroatoms. The van der Waals surface area contributed by atoms with Gasteiger partial charge in [-0.3, -0.25) is 0 Å². The van der Waals surface area contributed by atoms with Crippen LogP contribution in [0.3, 0.4) is 0 Å². The summed E-state index contributed by atoms with van der Waals surface area (Å²) in [6.07, 6.45) is 0. The van der Waals surface area contributed by atoms with Gasteiger partial charge in [0.05, 0.1) is 0 Å². The van der Waals surface area contributed by atoms with E-state index in [1.54, 1.807) is 0 Å². The predicted molar refractivity (Wildman–Crippen MR) is 85.0 cm³/mol. The molecule has 100 valence electrons. The molecule has 0 heterocycles. The van der Waals surface area contributed by atoms with E-state index < -0.39 is 0 Å². The van der Waals surface area contributed by atoms with Crippen LogP contribution in [0.5, 0.6) is 0 Å². The Morgan fingerprint density at radius 2 is 1.47 bits per heavy atom. The van der Waals surface area contributed by atoms with E-state index >= 15 is 0 Å². The predicted octanol–water partition coefficient (Wildman–Crippen LogP) is 5.24. The maximum atomic E-state index is 6.06. The van der Waals surface area contributed by atoms with E-state index in [0.29, 0.717) is 0 Å². The fraction of sp³-hybridized carbons (Fsp3) is 0.294. The highest BCUT2D eigenvalue weighted by atomic mass is 35.5. The first kappa shape index (κ1) is 14.0. The van der Waals surface area contributed by atoms with E-state index in [9.17, 15) is 0 Å². The van der Waals surface area contributed by atoms with Gasteiger partial charge in [-0.15, -0.1) is 0 Å². The third-order valence-electron chi connectivity index (χ3n) is 3.40. The summed E-state index contributed by atoms with van der Waals surface area (Å²) in [7, 11) is 2.12. The zero-order chi connectivity index (χ0) is 14.0. The van der Waals surface area contributed by atoms with Crippen molar-refractivity contribution >= 4 is 17.3 Å². The minimum Gasteiger partial charge on any atom is -0.370 e. The monoisotopic (exact) mass is 273 g/mol. The molecule has 2 aromatic carbocycles. The Bertz CT molecular complexity index is 569. The molecule has 0 N–H and O–H groups in total. The van der Waals surface area contributed by atoms with Crippen molar-refractivity contribution < 1.29 is 0 Å². The van der Waals surface area contributed by atoms with E-state index in [-0.39, 0.29) is 5.54 Å². The van der Waals surface area contributed by atoms with Crippen LogP contribution in [-0.4, -0.2) is 12.6 Å². The molecule has 0 amide bonds. The SMILES string of the molecule is CN(c1cccc(-c2cccc(Cl)c2)c1)C(C)(C)C. The molecule has 1 nitrogen and oxygen atoms in total. The molecule has 2 rings (SSSR count). The molecule has 0 saturated heterocycles. The third-order valence-corrected chi connectivity index (χ3v) is 3.63. The fourth-order valence-corrected chi connectivity index (χ4v) is 2.14. The molecule has 0 atom stereocenters. The summed E-state index contributed by atoms with van der Waals surface area (Å²) in [4.78, 5) is 2.28. The van der Waals surface area contributed by atoms with Crippen LogP contribution in [0.2, 0.25) is 5.02 Å². The Morgan fingerprint density at radius 3 is 2.05 bits per heavy atom. The number of rotatable bonds is 2. The van der Waals surface area contributed by atoms with Crippen molar-refractivity contribution in [3.63, 3.8) is 0 Å². The molecule has 0 spiro atoms. The van der Waals surface area contributed by atoms with Gasteiger partial charge < -0.3 is 4.90 Å². The van der Waals surface area contributed by atoms with Crippen LogP contribution in [-0.2, 0) is 0 Å². The third kappa shape index (κ3) is 3.30. The van der Waals surface area contributed by atoms with Gasteiger partial charge in [-0.1, -0.05) is 35.9 Å². The lowest BCUT2D eigenvalue weighted by molar-refractivity contribution is 0.539. The van der Waals surface area contributed by atoms with Crippen LogP contribution in [0.25, 0.3) is 11.1 Å². The van der Waals surface area contributed by atoms with Gasteiger partial charge in [0.1, 0.15) is 0 Å².